The summed E-state index contributed by atoms with van der Waals surface area (Å²) in [5.41, 5.74) is 5.40. The van der Waals surface area contributed by atoms with Crippen molar-refractivity contribution in [3.63, 3.8) is 0 Å². The van der Waals surface area contributed by atoms with Gasteiger partial charge in [0.2, 0.25) is 5.91 Å². The molecule has 0 saturated carbocycles. The van der Waals surface area contributed by atoms with E-state index in [1.54, 1.807) is 0 Å². The van der Waals surface area contributed by atoms with Crippen molar-refractivity contribution in [2.24, 2.45) is 11.1 Å². The van der Waals surface area contributed by atoms with Crippen molar-refractivity contribution in [3.05, 3.63) is 12.7 Å². The number of hydrogen-bond donors (Lipinski definition) is 1. The lowest BCUT2D eigenvalue weighted by Crippen LogP contribution is -2.46. The number of carbonyl (C=O) groups excluding carboxylic acids is 1. The topological polar surface area (TPSA) is 46.3 Å². The van der Waals surface area contributed by atoms with Crippen molar-refractivity contribution in [1.29, 1.82) is 0 Å². The van der Waals surface area contributed by atoms with Gasteiger partial charge in [0.15, 0.2) is 0 Å². The molecule has 0 aromatic carbocycles. The summed E-state index contributed by atoms with van der Waals surface area (Å²) < 4.78 is 0. The van der Waals surface area contributed by atoms with Crippen LogP contribution in [0.2, 0.25) is 0 Å². The first kappa shape index (κ1) is 15.2. The second-order valence-electron chi connectivity index (χ2n) is 4.35. The van der Waals surface area contributed by atoms with Gasteiger partial charge in [0.05, 0.1) is 5.41 Å². The average molecular weight is 226 g/mol. The highest BCUT2D eigenvalue weighted by Gasteiger charge is 2.35. The van der Waals surface area contributed by atoms with Crippen molar-refractivity contribution in [1.82, 2.24) is 4.90 Å². The molecule has 3 nitrogen and oxygen atoms in total. The van der Waals surface area contributed by atoms with Crippen LogP contribution in [0, 0.1) is 5.41 Å². The van der Waals surface area contributed by atoms with Crippen molar-refractivity contribution in [3.8, 4) is 0 Å². The minimum Gasteiger partial charge on any atom is -0.345 e. The molecule has 0 atom stereocenters. The molecule has 0 radical (unpaired) electrons. The number of unbranched alkanes of at least 4 members (excludes halogenated alkanes) is 1. The summed E-state index contributed by atoms with van der Waals surface area (Å²) in [5.74, 6) is 0.184. The van der Waals surface area contributed by atoms with Gasteiger partial charge in [0, 0.05) is 20.1 Å². The molecular weight excluding hydrogens is 200 g/mol. The summed E-state index contributed by atoms with van der Waals surface area (Å²) in [5, 5.41) is 0. The molecule has 0 aliphatic carbocycles. The summed E-state index contributed by atoms with van der Waals surface area (Å²) >= 11 is 0. The van der Waals surface area contributed by atoms with E-state index in [2.05, 4.69) is 6.58 Å². The van der Waals surface area contributed by atoms with Crippen LogP contribution >= 0.6 is 0 Å². The third-order valence-corrected chi connectivity index (χ3v) is 3.45. The van der Waals surface area contributed by atoms with Crippen LogP contribution in [0.5, 0.6) is 0 Å². The third-order valence-electron chi connectivity index (χ3n) is 3.45. The maximum atomic E-state index is 12.3. The predicted molar refractivity (Wildman–Crippen MR) is 69.1 cm³/mol. The molecule has 94 valence electrons. The monoisotopic (exact) mass is 226 g/mol. The molecule has 0 aliphatic heterocycles. The SMILES string of the molecule is C=CCCCN(C)C(=O)C(CC)(CC)CN. The van der Waals surface area contributed by atoms with Gasteiger partial charge >= 0.3 is 0 Å². The fourth-order valence-corrected chi connectivity index (χ4v) is 1.91. The van der Waals surface area contributed by atoms with E-state index in [-0.39, 0.29) is 11.3 Å². The first-order chi connectivity index (χ1) is 7.57. The molecular formula is C13H26N2O. The quantitative estimate of drug-likeness (QED) is 0.509. The van der Waals surface area contributed by atoms with Crippen LogP contribution in [-0.4, -0.2) is 30.9 Å². The van der Waals surface area contributed by atoms with Gasteiger partial charge < -0.3 is 10.6 Å². The zero-order valence-corrected chi connectivity index (χ0v) is 11.0. The molecule has 0 fully saturated rings. The normalized spacial score (nSPS) is 11.2. The Hall–Kier alpha value is -0.830. The van der Waals surface area contributed by atoms with E-state index in [1.165, 1.54) is 0 Å². The standard InChI is InChI=1S/C13H26N2O/c1-5-8-9-10-15(4)12(16)13(6-2,7-3)11-14/h5H,1,6-11,14H2,2-4H3. The molecule has 1 amide bonds. The minimum absolute atomic E-state index is 0.184. The lowest BCUT2D eigenvalue weighted by molar-refractivity contribution is -0.140. The van der Waals surface area contributed by atoms with Crippen LogP contribution in [-0.2, 0) is 4.79 Å². The molecule has 0 rings (SSSR count). The van der Waals surface area contributed by atoms with E-state index < -0.39 is 0 Å². The van der Waals surface area contributed by atoms with E-state index in [4.69, 9.17) is 5.73 Å². The molecule has 0 heterocycles. The van der Waals surface area contributed by atoms with Crippen LogP contribution in [0.4, 0.5) is 0 Å². The summed E-state index contributed by atoms with van der Waals surface area (Å²) in [4.78, 5) is 14.1. The van der Waals surface area contributed by atoms with Gasteiger partial charge in [-0.2, -0.15) is 0 Å². The van der Waals surface area contributed by atoms with Crippen molar-refractivity contribution < 1.29 is 4.79 Å². The van der Waals surface area contributed by atoms with Gasteiger partial charge in [0.25, 0.3) is 0 Å². The Morgan fingerprint density at radius 1 is 1.44 bits per heavy atom. The lowest BCUT2D eigenvalue weighted by Gasteiger charge is -2.33. The molecule has 0 unspecified atom stereocenters. The second kappa shape index (κ2) is 7.44. The van der Waals surface area contributed by atoms with Crippen LogP contribution in [0.25, 0.3) is 0 Å². The predicted octanol–water partition coefficient (Wildman–Crippen LogP) is 2.18. The zero-order chi connectivity index (χ0) is 12.6. The van der Waals surface area contributed by atoms with Crippen LogP contribution < -0.4 is 5.73 Å². The Kier molecular flexibility index (Phi) is 7.06. The fourth-order valence-electron chi connectivity index (χ4n) is 1.91. The van der Waals surface area contributed by atoms with Crippen molar-refractivity contribution >= 4 is 5.91 Å². The van der Waals surface area contributed by atoms with Gasteiger partial charge in [0.1, 0.15) is 0 Å². The van der Waals surface area contributed by atoms with Crippen molar-refractivity contribution in [2.45, 2.75) is 39.5 Å². The van der Waals surface area contributed by atoms with Gasteiger partial charge in [-0.3, -0.25) is 4.79 Å². The number of rotatable bonds is 8. The number of allylic oxidation sites excluding steroid dienone is 1. The van der Waals surface area contributed by atoms with E-state index >= 15 is 0 Å². The molecule has 3 heteroatoms. The zero-order valence-electron chi connectivity index (χ0n) is 11.0. The molecule has 0 spiro atoms. The summed E-state index contributed by atoms with van der Waals surface area (Å²) in [6, 6.07) is 0. The maximum Gasteiger partial charge on any atom is 0.229 e. The van der Waals surface area contributed by atoms with Crippen LogP contribution in [0.3, 0.4) is 0 Å². The van der Waals surface area contributed by atoms with Crippen molar-refractivity contribution in [2.75, 3.05) is 20.1 Å². The number of nitrogens with two attached hydrogens (primary N) is 1. The van der Waals surface area contributed by atoms with E-state index in [1.807, 2.05) is 31.9 Å². The Balaban J connectivity index is 4.43. The molecule has 0 saturated heterocycles. The second-order valence-corrected chi connectivity index (χ2v) is 4.35. The first-order valence-electron chi connectivity index (χ1n) is 6.14. The summed E-state index contributed by atoms with van der Waals surface area (Å²) in [7, 11) is 1.86. The van der Waals surface area contributed by atoms with Gasteiger partial charge in [-0.05, 0) is 25.7 Å². The minimum atomic E-state index is -0.358. The molecule has 16 heavy (non-hydrogen) atoms. The molecule has 0 aliphatic rings. The fraction of sp³-hybridized carbons (Fsp3) is 0.769. The van der Waals surface area contributed by atoms with Crippen LogP contribution in [0.1, 0.15) is 39.5 Å². The largest absolute Gasteiger partial charge is 0.345 e. The van der Waals surface area contributed by atoms with Gasteiger partial charge in [-0.15, -0.1) is 6.58 Å². The highest BCUT2D eigenvalue weighted by Crippen LogP contribution is 2.27. The number of carbonyl (C=O) groups is 1. The van der Waals surface area contributed by atoms with E-state index in [0.29, 0.717) is 6.54 Å². The van der Waals surface area contributed by atoms with Crippen LogP contribution in [0.15, 0.2) is 12.7 Å². The highest BCUT2D eigenvalue weighted by molar-refractivity contribution is 5.82. The van der Waals surface area contributed by atoms with E-state index in [9.17, 15) is 4.79 Å². The van der Waals surface area contributed by atoms with Gasteiger partial charge in [-0.25, -0.2) is 0 Å². The molecule has 0 aromatic rings. The Morgan fingerprint density at radius 2 is 2.00 bits per heavy atom. The Bertz CT molecular complexity index is 214. The number of amides is 1. The Labute approximate surface area is 99.7 Å². The molecule has 0 bridgehead atoms. The summed E-state index contributed by atoms with van der Waals surface area (Å²) in [6.45, 7) is 8.96. The highest BCUT2D eigenvalue weighted by atomic mass is 16.2. The third kappa shape index (κ3) is 3.63. The molecule has 0 aromatic heterocycles. The average Bonchev–Trinajstić information content (AvgIpc) is 2.32. The number of nitrogens with zero attached hydrogens (tertiary/aromatic N) is 1. The summed E-state index contributed by atoms with van der Waals surface area (Å²) in [6.07, 6.45) is 5.43. The lowest BCUT2D eigenvalue weighted by atomic mass is 9.81. The van der Waals surface area contributed by atoms with E-state index in [0.717, 1.165) is 32.2 Å². The number of hydrogen-bond acceptors (Lipinski definition) is 2. The maximum absolute atomic E-state index is 12.3. The first-order valence-corrected chi connectivity index (χ1v) is 6.14. The smallest absolute Gasteiger partial charge is 0.229 e. The molecule has 2 N–H and O–H groups in total. The van der Waals surface area contributed by atoms with Gasteiger partial charge in [-0.1, -0.05) is 19.9 Å². The Morgan fingerprint density at radius 3 is 2.38 bits per heavy atom.